The normalized spacial score (nSPS) is 21.6. The number of ketones is 2. The van der Waals surface area contributed by atoms with Gasteiger partial charge in [0.2, 0.25) is 0 Å². The van der Waals surface area contributed by atoms with Crippen molar-refractivity contribution in [1.29, 1.82) is 0 Å². The molecule has 0 aromatic carbocycles. The molecule has 1 saturated heterocycles. The first kappa shape index (κ1) is 10.5. The Morgan fingerprint density at radius 3 is 3.13 bits per heavy atom. The van der Waals surface area contributed by atoms with Crippen molar-refractivity contribution in [3.05, 3.63) is 22.4 Å². The minimum Gasteiger partial charge on any atom is -0.380 e. The minimum atomic E-state index is -0.527. The molecule has 0 bridgehead atoms. The minimum absolute atomic E-state index is 0.0119. The quantitative estimate of drug-likeness (QED) is 0.730. The molecule has 0 N–H and O–H groups in total. The maximum Gasteiger partial charge on any atom is 0.150 e. The van der Waals surface area contributed by atoms with Gasteiger partial charge in [0.1, 0.15) is 11.7 Å². The van der Waals surface area contributed by atoms with Crippen LogP contribution in [-0.2, 0) is 20.7 Å². The van der Waals surface area contributed by atoms with E-state index in [0.717, 1.165) is 4.88 Å². The average Bonchev–Trinajstić information content (AvgIpc) is 2.71. The Kier molecular flexibility index (Phi) is 3.28. The number of ether oxygens (including phenoxy) is 1. The number of thiophene rings is 1. The molecule has 2 rings (SSSR count). The van der Waals surface area contributed by atoms with E-state index < -0.39 is 5.92 Å². The van der Waals surface area contributed by atoms with Crippen molar-refractivity contribution in [3.8, 4) is 0 Å². The zero-order chi connectivity index (χ0) is 10.7. The SMILES string of the molecule is O=C1CCOCC1C(=O)Cc1cccs1. The summed E-state index contributed by atoms with van der Waals surface area (Å²) >= 11 is 1.54. The third kappa shape index (κ3) is 2.52. The van der Waals surface area contributed by atoms with Crippen LogP contribution in [0, 0.1) is 5.92 Å². The third-order valence-electron chi connectivity index (χ3n) is 2.48. The number of Topliss-reactive ketones (excluding diaryl/α,β-unsaturated/α-hetero) is 2. The summed E-state index contributed by atoms with van der Waals surface area (Å²) in [6.45, 7) is 0.727. The van der Waals surface area contributed by atoms with Gasteiger partial charge in [-0.2, -0.15) is 0 Å². The molecule has 1 fully saturated rings. The van der Waals surface area contributed by atoms with Gasteiger partial charge in [-0.3, -0.25) is 9.59 Å². The lowest BCUT2D eigenvalue weighted by molar-refractivity contribution is -0.139. The molecule has 4 heteroatoms. The maximum absolute atomic E-state index is 11.8. The van der Waals surface area contributed by atoms with E-state index in [4.69, 9.17) is 4.74 Å². The van der Waals surface area contributed by atoms with Gasteiger partial charge in [-0.15, -0.1) is 11.3 Å². The lowest BCUT2D eigenvalue weighted by Crippen LogP contribution is -2.34. The van der Waals surface area contributed by atoms with Crippen LogP contribution in [0.5, 0.6) is 0 Å². The van der Waals surface area contributed by atoms with Gasteiger partial charge in [-0.1, -0.05) is 6.07 Å². The van der Waals surface area contributed by atoms with Crippen LogP contribution in [0.25, 0.3) is 0 Å². The molecule has 3 nitrogen and oxygen atoms in total. The summed E-state index contributed by atoms with van der Waals surface area (Å²) in [5.74, 6) is -0.509. The largest absolute Gasteiger partial charge is 0.380 e. The number of hydrogen-bond donors (Lipinski definition) is 0. The van der Waals surface area contributed by atoms with E-state index in [9.17, 15) is 9.59 Å². The maximum atomic E-state index is 11.8. The molecule has 80 valence electrons. The number of carbonyl (C=O) groups is 2. The van der Waals surface area contributed by atoms with Crippen LogP contribution < -0.4 is 0 Å². The van der Waals surface area contributed by atoms with Gasteiger partial charge in [-0.05, 0) is 11.4 Å². The summed E-state index contributed by atoms with van der Waals surface area (Å²) in [5, 5.41) is 1.93. The topological polar surface area (TPSA) is 43.4 Å². The van der Waals surface area contributed by atoms with Crippen molar-refractivity contribution in [2.24, 2.45) is 5.92 Å². The van der Waals surface area contributed by atoms with E-state index in [0.29, 0.717) is 19.4 Å². The molecule has 1 aromatic heterocycles. The Hall–Kier alpha value is -1.000. The fourth-order valence-electron chi connectivity index (χ4n) is 1.62. The van der Waals surface area contributed by atoms with Gasteiger partial charge in [-0.25, -0.2) is 0 Å². The van der Waals surface area contributed by atoms with Crippen LogP contribution in [0.2, 0.25) is 0 Å². The Morgan fingerprint density at radius 2 is 2.47 bits per heavy atom. The highest BCUT2D eigenvalue weighted by Gasteiger charge is 2.29. The molecule has 1 unspecified atom stereocenters. The Labute approximate surface area is 92.1 Å². The molecule has 0 saturated carbocycles. The first-order chi connectivity index (χ1) is 7.27. The summed E-state index contributed by atoms with van der Waals surface area (Å²) in [6, 6.07) is 3.82. The van der Waals surface area contributed by atoms with E-state index in [1.165, 1.54) is 0 Å². The number of hydrogen-bond acceptors (Lipinski definition) is 4. The lowest BCUT2D eigenvalue weighted by Gasteiger charge is -2.19. The van der Waals surface area contributed by atoms with E-state index in [1.807, 2.05) is 17.5 Å². The molecule has 1 aromatic rings. The monoisotopic (exact) mass is 224 g/mol. The van der Waals surface area contributed by atoms with E-state index in [1.54, 1.807) is 11.3 Å². The van der Waals surface area contributed by atoms with Gasteiger partial charge >= 0.3 is 0 Å². The summed E-state index contributed by atoms with van der Waals surface area (Å²) in [5.41, 5.74) is 0. The zero-order valence-corrected chi connectivity index (χ0v) is 9.09. The van der Waals surface area contributed by atoms with Gasteiger partial charge < -0.3 is 4.74 Å². The first-order valence-corrected chi connectivity index (χ1v) is 5.81. The zero-order valence-electron chi connectivity index (χ0n) is 8.27. The first-order valence-electron chi connectivity index (χ1n) is 4.93. The lowest BCUT2D eigenvalue weighted by atomic mass is 9.94. The van der Waals surface area contributed by atoms with E-state index in [2.05, 4.69) is 0 Å². The fourth-order valence-corrected chi connectivity index (χ4v) is 2.34. The number of carbonyl (C=O) groups excluding carboxylic acids is 2. The molecule has 1 aliphatic heterocycles. The van der Waals surface area contributed by atoms with Gasteiger partial charge in [0, 0.05) is 17.7 Å². The van der Waals surface area contributed by atoms with E-state index >= 15 is 0 Å². The predicted molar refractivity (Wildman–Crippen MR) is 57.0 cm³/mol. The molecule has 1 atom stereocenters. The molecule has 15 heavy (non-hydrogen) atoms. The molecule has 0 amide bonds. The molecule has 0 spiro atoms. The van der Waals surface area contributed by atoms with Crippen LogP contribution in [0.3, 0.4) is 0 Å². The predicted octanol–water partition coefficient (Wildman–Crippen LogP) is 1.47. The number of rotatable bonds is 3. The standard InChI is InChI=1S/C11H12O3S/c12-10-3-4-14-7-9(10)11(13)6-8-2-1-5-15-8/h1-2,5,9H,3-4,6-7H2. The molecular formula is C11H12O3S. The summed E-state index contributed by atoms with van der Waals surface area (Å²) in [6.07, 6.45) is 0.734. The van der Waals surface area contributed by atoms with Crippen molar-refractivity contribution in [3.63, 3.8) is 0 Å². The summed E-state index contributed by atoms with van der Waals surface area (Å²) in [7, 11) is 0. The van der Waals surface area contributed by atoms with E-state index in [-0.39, 0.29) is 18.2 Å². The second-order valence-corrected chi connectivity index (χ2v) is 4.60. The van der Waals surface area contributed by atoms with Crippen molar-refractivity contribution in [2.45, 2.75) is 12.8 Å². The Balaban J connectivity index is 1.98. The Morgan fingerprint density at radius 1 is 1.60 bits per heavy atom. The highest BCUT2D eigenvalue weighted by atomic mass is 32.1. The summed E-state index contributed by atoms with van der Waals surface area (Å²) < 4.78 is 5.15. The van der Waals surface area contributed by atoms with Crippen molar-refractivity contribution in [2.75, 3.05) is 13.2 Å². The second-order valence-electron chi connectivity index (χ2n) is 3.57. The van der Waals surface area contributed by atoms with Crippen molar-refractivity contribution < 1.29 is 14.3 Å². The fraction of sp³-hybridized carbons (Fsp3) is 0.455. The molecule has 0 aliphatic carbocycles. The highest BCUT2D eigenvalue weighted by Crippen LogP contribution is 2.16. The third-order valence-corrected chi connectivity index (χ3v) is 3.36. The van der Waals surface area contributed by atoms with Gasteiger partial charge in [0.15, 0.2) is 5.78 Å². The van der Waals surface area contributed by atoms with Crippen LogP contribution >= 0.6 is 11.3 Å². The van der Waals surface area contributed by atoms with Crippen LogP contribution in [0.4, 0.5) is 0 Å². The molecule has 0 radical (unpaired) electrons. The van der Waals surface area contributed by atoms with Gasteiger partial charge in [0.05, 0.1) is 13.2 Å². The average molecular weight is 224 g/mol. The highest BCUT2D eigenvalue weighted by molar-refractivity contribution is 7.10. The molecule has 1 aliphatic rings. The second kappa shape index (κ2) is 4.68. The van der Waals surface area contributed by atoms with Crippen LogP contribution in [-0.4, -0.2) is 24.8 Å². The Bertz CT molecular complexity index is 356. The summed E-state index contributed by atoms with van der Waals surface area (Å²) in [4.78, 5) is 24.3. The molecular weight excluding hydrogens is 212 g/mol. The smallest absolute Gasteiger partial charge is 0.150 e. The van der Waals surface area contributed by atoms with Crippen LogP contribution in [0.1, 0.15) is 11.3 Å². The van der Waals surface area contributed by atoms with Gasteiger partial charge in [0.25, 0.3) is 0 Å². The molecule has 2 heterocycles. The van der Waals surface area contributed by atoms with Crippen molar-refractivity contribution in [1.82, 2.24) is 0 Å². The van der Waals surface area contributed by atoms with Crippen LogP contribution in [0.15, 0.2) is 17.5 Å². The van der Waals surface area contributed by atoms with Crippen molar-refractivity contribution >= 4 is 22.9 Å².